The van der Waals surface area contributed by atoms with Crippen molar-refractivity contribution in [3.05, 3.63) is 18.2 Å². The molecular formula is C18H24N2O3. The van der Waals surface area contributed by atoms with Gasteiger partial charge in [0.15, 0.2) is 11.5 Å². The molecule has 0 radical (unpaired) electrons. The Labute approximate surface area is 136 Å². The number of fused-ring (bicyclic) bond motifs is 1. The van der Waals surface area contributed by atoms with E-state index in [1.807, 2.05) is 18.2 Å². The van der Waals surface area contributed by atoms with Crippen molar-refractivity contribution in [1.82, 2.24) is 4.90 Å². The number of benzene rings is 1. The van der Waals surface area contributed by atoms with Crippen molar-refractivity contribution in [2.75, 3.05) is 25.2 Å². The molecule has 1 saturated heterocycles. The zero-order valence-corrected chi connectivity index (χ0v) is 13.4. The van der Waals surface area contributed by atoms with E-state index in [4.69, 9.17) is 9.47 Å². The van der Waals surface area contributed by atoms with E-state index in [0.29, 0.717) is 18.3 Å². The van der Waals surface area contributed by atoms with Gasteiger partial charge in [0.05, 0.1) is 6.54 Å². The van der Waals surface area contributed by atoms with Gasteiger partial charge in [0.1, 0.15) is 0 Å². The first kappa shape index (κ1) is 14.8. The van der Waals surface area contributed by atoms with E-state index in [1.54, 1.807) is 0 Å². The minimum atomic E-state index is 0.0637. The average molecular weight is 316 g/mol. The number of hydrogen-bond acceptors (Lipinski definition) is 4. The predicted octanol–water partition coefficient (Wildman–Crippen LogP) is 3.01. The molecule has 1 unspecified atom stereocenters. The Kier molecular flexibility index (Phi) is 4.12. The summed E-state index contributed by atoms with van der Waals surface area (Å²) in [5, 5.41) is 2.99. The summed E-state index contributed by atoms with van der Waals surface area (Å²) in [7, 11) is 0. The van der Waals surface area contributed by atoms with E-state index in [1.165, 1.54) is 38.5 Å². The van der Waals surface area contributed by atoms with Gasteiger partial charge in [-0.25, -0.2) is 0 Å². The number of carbonyl (C=O) groups is 1. The van der Waals surface area contributed by atoms with Gasteiger partial charge in [-0.2, -0.15) is 0 Å². The first-order valence-electron chi connectivity index (χ1n) is 8.73. The van der Waals surface area contributed by atoms with E-state index in [0.717, 1.165) is 23.9 Å². The average Bonchev–Trinajstić information content (AvgIpc) is 3.27. The molecule has 2 aliphatic heterocycles. The Hall–Kier alpha value is -1.75. The summed E-state index contributed by atoms with van der Waals surface area (Å²) in [6.45, 7) is 1.80. The number of anilines is 1. The van der Waals surface area contributed by atoms with Gasteiger partial charge in [0.2, 0.25) is 12.7 Å². The van der Waals surface area contributed by atoms with Gasteiger partial charge >= 0.3 is 0 Å². The maximum Gasteiger partial charge on any atom is 0.238 e. The Morgan fingerprint density at radius 3 is 2.83 bits per heavy atom. The van der Waals surface area contributed by atoms with Crippen LogP contribution < -0.4 is 14.8 Å². The van der Waals surface area contributed by atoms with Crippen molar-refractivity contribution in [1.29, 1.82) is 0 Å². The molecule has 4 rings (SSSR count). The molecular weight excluding hydrogens is 292 g/mol. The summed E-state index contributed by atoms with van der Waals surface area (Å²) < 4.78 is 10.6. The lowest BCUT2D eigenvalue weighted by Gasteiger charge is -2.28. The largest absolute Gasteiger partial charge is 0.454 e. The second kappa shape index (κ2) is 6.40. The molecule has 1 amide bonds. The minimum Gasteiger partial charge on any atom is -0.454 e. The molecule has 2 fully saturated rings. The van der Waals surface area contributed by atoms with Crippen molar-refractivity contribution in [3.8, 4) is 11.5 Å². The molecule has 1 N–H and O–H groups in total. The van der Waals surface area contributed by atoms with Crippen molar-refractivity contribution in [3.63, 3.8) is 0 Å². The Bertz CT molecular complexity index is 584. The zero-order chi connectivity index (χ0) is 15.6. The second-order valence-electron chi connectivity index (χ2n) is 6.84. The zero-order valence-electron chi connectivity index (χ0n) is 13.4. The molecule has 0 spiro atoms. The van der Waals surface area contributed by atoms with E-state index in [9.17, 15) is 4.79 Å². The van der Waals surface area contributed by atoms with Crippen LogP contribution in [0, 0.1) is 5.92 Å². The number of carbonyl (C=O) groups excluding carboxylic acids is 1. The monoisotopic (exact) mass is 316 g/mol. The normalized spacial score (nSPS) is 24.3. The number of hydrogen-bond donors (Lipinski definition) is 1. The van der Waals surface area contributed by atoms with Gasteiger partial charge in [-0.1, -0.05) is 12.8 Å². The Morgan fingerprint density at radius 1 is 1.13 bits per heavy atom. The van der Waals surface area contributed by atoms with Crippen LogP contribution in [0.2, 0.25) is 0 Å². The van der Waals surface area contributed by atoms with E-state index >= 15 is 0 Å². The smallest absolute Gasteiger partial charge is 0.238 e. The molecule has 23 heavy (non-hydrogen) atoms. The number of nitrogens with zero attached hydrogens (tertiary/aromatic N) is 1. The molecule has 2 heterocycles. The molecule has 0 bridgehead atoms. The van der Waals surface area contributed by atoms with Crippen molar-refractivity contribution in [2.24, 2.45) is 5.92 Å². The fourth-order valence-corrected chi connectivity index (χ4v) is 4.28. The highest BCUT2D eigenvalue weighted by Crippen LogP contribution is 2.36. The summed E-state index contributed by atoms with van der Waals surface area (Å²) in [4.78, 5) is 14.8. The Balaban J connectivity index is 1.36. The molecule has 1 aromatic rings. The Morgan fingerprint density at radius 2 is 1.96 bits per heavy atom. The van der Waals surface area contributed by atoms with Crippen LogP contribution >= 0.6 is 0 Å². The summed E-state index contributed by atoms with van der Waals surface area (Å²) in [6, 6.07) is 6.15. The molecule has 0 aromatic heterocycles. The first-order chi connectivity index (χ1) is 11.3. The molecule has 1 aliphatic carbocycles. The maximum atomic E-state index is 12.4. The topological polar surface area (TPSA) is 50.8 Å². The van der Waals surface area contributed by atoms with E-state index < -0.39 is 0 Å². The van der Waals surface area contributed by atoms with Gasteiger partial charge in [-0.05, 0) is 50.3 Å². The molecule has 3 aliphatic rings. The number of rotatable bonds is 4. The van der Waals surface area contributed by atoms with Crippen molar-refractivity contribution < 1.29 is 14.3 Å². The fraction of sp³-hybridized carbons (Fsp3) is 0.611. The van der Waals surface area contributed by atoms with Crippen LogP contribution in [0.1, 0.15) is 38.5 Å². The predicted molar refractivity (Wildman–Crippen MR) is 87.7 cm³/mol. The lowest BCUT2D eigenvalue weighted by atomic mass is 9.96. The summed E-state index contributed by atoms with van der Waals surface area (Å²) in [5.74, 6) is 2.31. The van der Waals surface area contributed by atoms with Crippen LogP contribution in [-0.2, 0) is 4.79 Å². The molecule has 1 aromatic carbocycles. The van der Waals surface area contributed by atoms with Crippen LogP contribution in [0.15, 0.2) is 18.2 Å². The third-order valence-corrected chi connectivity index (χ3v) is 5.36. The molecule has 1 atom stereocenters. The minimum absolute atomic E-state index is 0.0637. The second-order valence-corrected chi connectivity index (χ2v) is 6.84. The fourth-order valence-electron chi connectivity index (χ4n) is 4.28. The SMILES string of the molecule is O=C(CN1CCCC1C1CCCC1)Nc1ccc2c(c1)OCO2. The molecule has 5 nitrogen and oxygen atoms in total. The van der Waals surface area contributed by atoms with E-state index in [2.05, 4.69) is 10.2 Å². The molecule has 1 saturated carbocycles. The van der Waals surface area contributed by atoms with Crippen molar-refractivity contribution >= 4 is 11.6 Å². The maximum absolute atomic E-state index is 12.4. The number of amides is 1. The van der Waals surface area contributed by atoms with Gasteiger partial charge in [-0.3, -0.25) is 9.69 Å². The third kappa shape index (κ3) is 3.15. The van der Waals surface area contributed by atoms with Gasteiger partial charge in [0, 0.05) is 17.8 Å². The molecule has 5 heteroatoms. The highest BCUT2D eigenvalue weighted by atomic mass is 16.7. The van der Waals surface area contributed by atoms with Crippen LogP contribution in [0.25, 0.3) is 0 Å². The third-order valence-electron chi connectivity index (χ3n) is 5.36. The lowest BCUT2D eigenvalue weighted by Crippen LogP contribution is -2.40. The van der Waals surface area contributed by atoms with Crippen LogP contribution in [-0.4, -0.2) is 36.7 Å². The number of nitrogens with one attached hydrogen (secondary N) is 1. The highest BCUT2D eigenvalue weighted by molar-refractivity contribution is 5.92. The van der Waals surface area contributed by atoms with Crippen LogP contribution in [0.4, 0.5) is 5.69 Å². The van der Waals surface area contributed by atoms with Gasteiger partial charge in [0.25, 0.3) is 0 Å². The molecule has 124 valence electrons. The van der Waals surface area contributed by atoms with Crippen molar-refractivity contribution in [2.45, 2.75) is 44.6 Å². The summed E-state index contributed by atoms with van der Waals surface area (Å²) >= 11 is 0. The first-order valence-corrected chi connectivity index (χ1v) is 8.73. The lowest BCUT2D eigenvalue weighted by molar-refractivity contribution is -0.117. The van der Waals surface area contributed by atoms with Crippen LogP contribution in [0.5, 0.6) is 11.5 Å². The van der Waals surface area contributed by atoms with Crippen LogP contribution in [0.3, 0.4) is 0 Å². The number of ether oxygens (including phenoxy) is 2. The summed E-state index contributed by atoms with van der Waals surface area (Å²) in [6.07, 6.45) is 7.87. The quantitative estimate of drug-likeness (QED) is 0.928. The number of likely N-dealkylation sites (tertiary alicyclic amines) is 1. The van der Waals surface area contributed by atoms with Gasteiger partial charge < -0.3 is 14.8 Å². The van der Waals surface area contributed by atoms with E-state index in [-0.39, 0.29) is 12.7 Å². The standard InChI is InChI=1S/C18H24N2O3/c21-18(19-14-7-8-16-17(10-14)23-12-22-16)11-20-9-3-6-15(20)13-4-1-2-5-13/h7-8,10,13,15H,1-6,9,11-12H2,(H,19,21). The summed E-state index contributed by atoms with van der Waals surface area (Å²) in [5.41, 5.74) is 0.774. The van der Waals surface area contributed by atoms with Gasteiger partial charge in [-0.15, -0.1) is 0 Å². The highest BCUT2D eigenvalue weighted by Gasteiger charge is 2.34.